The largest absolute Gasteiger partial charge is 0.321 e. The Balaban J connectivity index is 3.13. The summed E-state index contributed by atoms with van der Waals surface area (Å²) in [6, 6.07) is 1.60. The molecule has 0 radical (unpaired) electrons. The molecule has 0 aromatic carbocycles. The lowest BCUT2D eigenvalue weighted by Gasteiger charge is -1.81. The van der Waals surface area contributed by atoms with Gasteiger partial charge in [0.05, 0.1) is 0 Å². The molecule has 0 aliphatic carbocycles. The molecule has 1 aromatic rings. The smallest absolute Gasteiger partial charge is 0.0541 e. The fourth-order valence-electron chi connectivity index (χ4n) is 0.410. The number of aryl methyl sites for hydroxylation is 1. The van der Waals surface area contributed by atoms with Crippen LogP contribution in [0, 0.1) is 6.92 Å². The normalized spacial score (nSPS) is 9.25. The summed E-state index contributed by atoms with van der Waals surface area (Å²) < 4.78 is 12.2. The molecule has 0 bridgehead atoms. The number of halogens is 1. The molecule has 3 heteroatoms. The van der Waals surface area contributed by atoms with E-state index in [0.717, 1.165) is 6.33 Å². The van der Waals surface area contributed by atoms with Gasteiger partial charge in [-0.25, -0.2) is 0 Å². The molecule has 0 aliphatic rings. The Kier molecular flexibility index (Phi) is 1.20. The summed E-state index contributed by atoms with van der Waals surface area (Å²) in [6.07, 6.45) is 2.67. The van der Waals surface area contributed by atoms with E-state index < -0.39 is 0 Å². The van der Waals surface area contributed by atoms with Crippen LogP contribution in [0.15, 0.2) is 18.6 Å². The second kappa shape index (κ2) is 1.86. The Morgan fingerprint density at radius 2 is 2.50 bits per heavy atom. The van der Waals surface area contributed by atoms with E-state index >= 15 is 0 Å². The summed E-state index contributed by atoms with van der Waals surface area (Å²) in [5, 5.41) is 0. The number of nitrogens with zero attached hydrogens (tertiary/aromatic N) is 2. The molecule has 1 rings (SSSR count). The molecule has 2 nitrogen and oxygen atoms in total. The van der Waals surface area contributed by atoms with Gasteiger partial charge in [0.25, 0.3) is 0 Å². The van der Waals surface area contributed by atoms with Crippen LogP contribution in [0.4, 0.5) is 4.48 Å². The predicted molar refractivity (Wildman–Crippen MR) is 25.7 cm³/mol. The van der Waals surface area contributed by atoms with Gasteiger partial charge in [-0.3, -0.25) is 0 Å². The number of hydrogen-bond donors (Lipinski definition) is 0. The van der Waals surface area contributed by atoms with Crippen molar-refractivity contribution in [1.82, 2.24) is 4.98 Å². The van der Waals surface area contributed by atoms with Gasteiger partial charge in [0.15, 0.2) is 0 Å². The van der Waals surface area contributed by atoms with Gasteiger partial charge in [0, 0.05) is 17.5 Å². The van der Waals surface area contributed by atoms with Gasteiger partial charge in [0.2, 0.25) is 0 Å². The van der Waals surface area contributed by atoms with Crippen molar-refractivity contribution in [2.24, 2.45) is 0 Å². The second-order valence-electron chi connectivity index (χ2n) is 1.53. The van der Waals surface area contributed by atoms with E-state index in [1.807, 2.05) is 0 Å². The van der Waals surface area contributed by atoms with E-state index in [0.29, 0.717) is 10.5 Å². The van der Waals surface area contributed by atoms with Crippen LogP contribution in [-0.2, 0) is 0 Å². The van der Waals surface area contributed by atoms with Crippen molar-refractivity contribution in [3.8, 4) is 0 Å². The van der Waals surface area contributed by atoms with Crippen molar-refractivity contribution < 1.29 is 9.27 Å². The molecule has 0 amide bonds. The molecule has 42 valence electrons. The summed E-state index contributed by atoms with van der Waals surface area (Å²) in [5.41, 5.74) is 0.556. The molecule has 0 atom stereocenters. The molecule has 0 saturated carbocycles. The van der Waals surface area contributed by atoms with Crippen LogP contribution in [0.25, 0.3) is 0 Å². The molecule has 8 heavy (non-hydrogen) atoms. The maximum Gasteiger partial charge on any atom is 0.321 e. The summed E-state index contributed by atoms with van der Waals surface area (Å²) >= 11 is 0. The van der Waals surface area contributed by atoms with Crippen LogP contribution < -0.4 is 4.79 Å². The van der Waals surface area contributed by atoms with E-state index in [-0.39, 0.29) is 0 Å². The third kappa shape index (κ3) is 0.804. The number of hydrogen-bond acceptors (Lipinski definition) is 1. The predicted octanol–water partition coefficient (Wildman–Crippen LogP) is 0.410. The highest BCUT2D eigenvalue weighted by Crippen LogP contribution is 1.81. The molecule has 0 unspecified atom stereocenters. The van der Waals surface area contributed by atoms with E-state index in [1.54, 1.807) is 19.2 Å². The summed E-state index contributed by atoms with van der Waals surface area (Å²) in [6.45, 7) is 1.67. The lowest BCUT2D eigenvalue weighted by Crippen LogP contribution is -2.25. The molecular weight excluding hydrogens is 107 g/mol. The van der Waals surface area contributed by atoms with E-state index in [9.17, 15) is 4.48 Å². The van der Waals surface area contributed by atoms with Crippen LogP contribution >= 0.6 is 0 Å². The van der Waals surface area contributed by atoms with Crippen molar-refractivity contribution >= 4 is 0 Å². The monoisotopic (exact) mass is 113 g/mol. The average Bonchev–Trinajstić information content (AvgIpc) is 1.77. The first kappa shape index (κ1) is 5.15. The Bertz CT molecular complexity index is 167. The first-order chi connectivity index (χ1) is 3.80. The highest BCUT2D eigenvalue weighted by molar-refractivity contribution is 4.85. The van der Waals surface area contributed by atoms with Crippen LogP contribution in [-0.4, -0.2) is 4.98 Å². The SMILES string of the molecule is Cc1ccnc[n+]1F. The second-order valence-corrected chi connectivity index (χ2v) is 1.53. The van der Waals surface area contributed by atoms with Crippen molar-refractivity contribution in [2.75, 3.05) is 0 Å². The number of aromatic nitrogens is 2. The fraction of sp³-hybridized carbons (Fsp3) is 0.200. The highest BCUT2D eigenvalue weighted by Gasteiger charge is 1.96. The lowest BCUT2D eigenvalue weighted by molar-refractivity contribution is -0.850. The Morgan fingerprint density at radius 3 is 2.88 bits per heavy atom. The standard InChI is InChI=1S/C5H6FN2/c1-5-2-3-7-4-8(5)6/h2-4H,1H3/q+1. The topological polar surface area (TPSA) is 16.8 Å². The Labute approximate surface area is 46.5 Å². The molecule has 0 aliphatic heterocycles. The Hall–Kier alpha value is -0.990. The first-order valence-electron chi connectivity index (χ1n) is 2.29. The maximum atomic E-state index is 12.2. The molecule has 0 saturated heterocycles. The van der Waals surface area contributed by atoms with Gasteiger partial charge >= 0.3 is 6.33 Å². The fourth-order valence-corrected chi connectivity index (χ4v) is 0.410. The third-order valence-corrected chi connectivity index (χ3v) is 0.907. The average molecular weight is 113 g/mol. The van der Waals surface area contributed by atoms with Crippen molar-refractivity contribution in [1.29, 1.82) is 0 Å². The summed E-state index contributed by atoms with van der Waals surface area (Å²) in [5.74, 6) is 0. The minimum Gasteiger partial charge on any atom is -0.0541 e. The summed E-state index contributed by atoms with van der Waals surface area (Å²) in [4.78, 5) is 4.01. The Morgan fingerprint density at radius 1 is 1.75 bits per heavy atom. The zero-order valence-corrected chi connectivity index (χ0v) is 4.50. The van der Waals surface area contributed by atoms with Crippen LogP contribution in [0.3, 0.4) is 0 Å². The van der Waals surface area contributed by atoms with Gasteiger partial charge in [-0.05, 0) is 4.79 Å². The zero-order valence-electron chi connectivity index (χ0n) is 4.50. The molecule has 0 fully saturated rings. The van der Waals surface area contributed by atoms with E-state index in [4.69, 9.17) is 0 Å². The molecule has 1 heterocycles. The molecule has 1 aromatic heterocycles. The highest BCUT2D eigenvalue weighted by atomic mass is 19.2. The third-order valence-electron chi connectivity index (χ3n) is 0.907. The van der Waals surface area contributed by atoms with Gasteiger partial charge in [-0.15, -0.1) is 0 Å². The van der Waals surface area contributed by atoms with Crippen LogP contribution in [0.1, 0.15) is 5.69 Å². The van der Waals surface area contributed by atoms with Gasteiger partial charge in [-0.1, -0.05) is 4.98 Å². The molecular formula is C5H6FN2+. The molecule has 0 N–H and O–H groups in total. The first-order valence-corrected chi connectivity index (χ1v) is 2.29. The molecule has 0 spiro atoms. The maximum absolute atomic E-state index is 12.2. The van der Waals surface area contributed by atoms with Crippen LogP contribution in [0.5, 0.6) is 0 Å². The van der Waals surface area contributed by atoms with E-state index in [1.165, 1.54) is 0 Å². The summed E-state index contributed by atoms with van der Waals surface area (Å²) in [7, 11) is 0. The minimum absolute atomic E-state index is 0.472. The van der Waals surface area contributed by atoms with E-state index in [2.05, 4.69) is 4.98 Å². The minimum atomic E-state index is 0.472. The lowest BCUT2D eigenvalue weighted by atomic mass is 10.5. The number of rotatable bonds is 0. The van der Waals surface area contributed by atoms with Gasteiger partial charge in [-0.2, -0.15) is 0 Å². The van der Waals surface area contributed by atoms with Crippen molar-refractivity contribution in [3.05, 3.63) is 24.3 Å². The quantitative estimate of drug-likeness (QED) is 0.476. The van der Waals surface area contributed by atoms with Gasteiger partial charge in [0.1, 0.15) is 11.9 Å². The van der Waals surface area contributed by atoms with Crippen LogP contribution in [0.2, 0.25) is 0 Å². The van der Waals surface area contributed by atoms with Gasteiger partial charge < -0.3 is 0 Å². The van der Waals surface area contributed by atoms with Crippen molar-refractivity contribution in [3.63, 3.8) is 0 Å². The zero-order chi connectivity index (χ0) is 5.98. The van der Waals surface area contributed by atoms with Crippen molar-refractivity contribution in [2.45, 2.75) is 6.92 Å².